The first-order chi connectivity index (χ1) is 9.38. The molecule has 0 fully saturated rings. The summed E-state index contributed by atoms with van der Waals surface area (Å²) in [6.07, 6.45) is 0. The number of hydrogen-bond acceptors (Lipinski definition) is 2. The highest BCUT2D eigenvalue weighted by Gasteiger charge is 2.11. The van der Waals surface area contributed by atoms with Crippen LogP contribution >= 0.6 is 31.9 Å². The van der Waals surface area contributed by atoms with Crippen molar-refractivity contribution in [2.75, 3.05) is 11.1 Å². The van der Waals surface area contributed by atoms with Crippen LogP contribution in [0.15, 0.2) is 39.3 Å². The van der Waals surface area contributed by atoms with E-state index in [4.69, 9.17) is 5.73 Å². The maximum absolute atomic E-state index is 13.5. The standard InChI is InChI=1S/C14H11Br2FN2O/c1-7-4-10(16)11(17)6-13(7)19-14(20)8-2-3-9(15)12(18)5-8/h2-6H,18H2,1H3,(H,19,20). The summed E-state index contributed by atoms with van der Waals surface area (Å²) in [6, 6.07) is 7.78. The molecule has 3 nitrogen and oxygen atoms in total. The topological polar surface area (TPSA) is 55.1 Å². The zero-order valence-corrected chi connectivity index (χ0v) is 13.7. The number of hydrogen-bond donors (Lipinski definition) is 2. The van der Waals surface area contributed by atoms with Crippen LogP contribution in [-0.4, -0.2) is 5.91 Å². The van der Waals surface area contributed by atoms with Gasteiger partial charge in [0.15, 0.2) is 0 Å². The van der Waals surface area contributed by atoms with Crippen LogP contribution in [0.25, 0.3) is 0 Å². The SMILES string of the molecule is Cc1cc(Br)c(F)cc1NC(=O)c1ccc(Br)c(N)c1. The molecule has 20 heavy (non-hydrogen) atoms. The fourth-order valence-electron chi connectivity index (χ4n) is 1.66. The summed E-state index contributed by atoms with van der Waals surface area (Å²) in [5, 5.41) is 2.67. The van der Waals surface area contributed by atoms with Crippen LogP contribution in [0.2, 0.25) is 0 Å². The molecule has 0 spiro atoms. The van der Waals surface area contributed by atoms with E-state index in [-0.39, 0.29) is 5.91 Å². The number of benzene rings is 2. The number of amides is 1. The number of halogens is 3. The van der Waals surface area contributed by atoms with Gasteiger partial charge < -0.3 is 11.1 Å². The van der Waals surface area contributed by atoms with Gasteiger partial charge in [0.25, 0.3) is 5.91 Å². The van der Waals surface area contributed by atoms with E-state index in [1.165, 1.54) is 6.07 Å². The normalized spacial score (nSPS) is 10.4. The average Bonchev–Trinajstić information content (AvgIpc) is 2.39. The van der Waals surface area contributed by atoms with Gasteiger partial charge in [0.2, 0.25) is 0 Å². The summed E-state index contributed by atoms with van der Waals surface area (Å²) in [4.78, 5) is 12.1. The third-order valence-corrected chi connectivity index (χ3v) is 4.10. The molecule has 0 radical (unpaired) electrons. The lowest BCUT2D eigenvalue weighted by Gasteiger charge is -2.10. The number of rotatable bonds is 2. The number of nitrogens with one attached hydrogen (secondary N) is 1. The molecule has 0 bridgehead atoms. The highest BCUT2D eigenvalue weighted by Crippen LogP contribution is 2.25. The number of aryl methyl sites for hydroxylation is 1. The molecule has 2 aromatic rings. The van der Waals surface area contributed by atoms with Gasteiger partial charge >= 0.3 is 0 Å². The Hall–Kier alpha value is -1.40. The maximum atomic E-state index is 13.5. The number of nitrogens with two attached hydrogens (primary N) is 1. The predicted octanol–water partition coefficient (Wildman–Crippen LogP) is 4.49. The van der Waals surface area contributed by atoms with Crippen molar-refractivity contribution in [1.29, 1.82) is 0 Å². The van der Waals surface area contributed by atoms with Gasteiger partial charge in [-0.15, -0.1) is 0 Å². The maximum Gasteiger partial charge on any atom is 0.255 e. The number of anilines is 2. The Morgan fingerprint density at radius 2 is 1.90 bits per heavy atom. The first-order valence-electron chi connectivity index (χ1n) is 5.70. The highest BCUT2D eigenvalue weighted by molar-refractivity contribution is 9.10. The van der Waals surface area contributed by atoms with E-state index in [2.05, 4.69) is 37.2 Å². The van der Waals surface area contributed by atoms with Gasteiger partial charge in [-0.05, 0) is 74.7 Å². The summed E-state index contributed by atoms with van der Waals surface area (Å²) in [5.41, 5.74) is 7.80. The molecule has 0 aliphatic carbocycles. The van der Waals surface area contributed by atoms with Crippen molar-refractivity contribution in [2.24, 2.45) is 0 Å². The Balaban J connectivity index is 2.27. The molecule has 0 atom stereocenters. The first kappa shape index (κ1) is 15.0. The predicted molar refractivity (Wildman–Crippen MR) is 85.3 cm³/mol. The van der Waals surface area contributed by atoms with Gasteiger partial charge in [-0.2, -0.15) is 0 Å². The second-order valence-electron chi connectivity index (χ2n) is 4.27. The average molecular weight is 402 g/mol. The molecule has 0 aliphatic heterocycles. The molecule has 0 unspecified atom stereocenters. The van der Waals surface area contributed by atoms with Crippen LogP contribution in [0.5, 0.6) is 0 Å². The van der Waals surface area contributed by atoms with Gasteiger partial charge in [-0.1, -0.05) is 0 Å². The molecule has 0 saturated heterocycles. The van der Waals surface area contributed by atoms with E-state index in [1.807, 2.05) is 0 Å². The summed E-state index contributed by atoms with van der Waals surface area (Å²) in [5.74, 6) is -0.768. The lowest BCUT2D eigenvalue weighted by atomic mass is 10.1. The molecule has 6 heteroatoms. The molecule has 104 valence electrons. The zero-order chi connectivity index (χ0) is 14.9. The molecule has 2 rings (SSSR count). The van der Waals surface area contributed by atoms with Crippen molar-refractivity contribution in [2.45, 2.75) is 6.92 Å². The van der Waals surface area contributed by atoms with E-state index in [9.17, 15) is 9.18 Å². The Morgan fingerprint density at radius 3 is 2.55 bits per heavy atom. The lowest BCUT2D eigenvalue weighted by molar-refractivity contribution is 0.102. The molecule has 2 aromatic carbocycles. The zero-order valence-electron chi connectivity index (χ0n) is 10.5. The number of nitrogen functional groups attached to an aromatic ring is 1. The fourth-order valence-corrected chi connectivity index (χ4v) is 2.36. The highest BCUT2D eigenvalue weighted by atomic mass is 79.9. The van der Waals surface area contributed by atoms with Crippen LogP contribution in [0.4, 0.5) is 15.8 Å². The van der Waals surface area contributed by atoms with Crippen molar-refractivity contribution in [1.82, 2.24) is 0 Å². The third-order valence-electron chi connectivity index (χ3n) is 2.77. The van der Waals surface area contributed by atoms with Gasteiger partial charge in [0.05, 0.1) is 4.47 Å². The second kappa shape index (κ2) is 5.93. The Bertz CT molecular complexity index is 689. The molecule has 1 amide bonds. The summed E-state index contributed by atoms with van der Waals surface area (Å²) in [6.45, 7) is 1.79. The summed E-state index contributed by atoms with van der Waals surface area (Å²) in [7, 11) is 0. The Labute approximate surface area is 132 Å². The minimum absolute atomic E-state index is 0.339. The van der Waals surface area contributed by atoms with Crippen LogP contribution < -0.4 is 11.1 Å². The summed E-state index contributed by atoms with van der Waals surface area (Å²) >= 11 is 6.36. The first-order valence-corrected chi connectivity index (χ1v) is 7.29. The number of carbonyl (C=O) groups excluding carboxylic acids is 1. The second-order valence-corrected chi connectivity index (χ2v) is 5.98. The van der Waals surface area contributed by atoms with Gasteiger partial charge in [-0.3, -0.25) is 4.79 Å². The monoisotopic (exact) mass is 400 g/mol. The molecule has 0 aliphatic rings. The molecule has 0 saturated carbocycles. The lowest BCUT2D eigenvalue weighted by Crippen LogP contribution is -2.13. The third kappa shape index (κ3) is 3.19. The van der Waals surface area contributed by atoms with E-state index >= 15 is 0 Å². The van der Waals surface area contributed by atoms with Crippen LogP contribution in [0.3, 0.4) is 0 Å². The molecular weight excluding hydrogens is 391 g/mol. The molecule has 0 heterocycles. The summed E-state index contributed by atoms with van der Waals surface area (Å²) < 4.78 is 14.6. The number of carbonyl (C=O) groups is 1. The van der Waals surface area contributed by atoms with E-state index in [1.54, 1.807) is 31.2 Å². The largest absolute Gasteiger partial charge is 0.398 e. The minimum Gasteiger partial charge on any atom is -0.398 e. The Kier molecular flexibility index (Phi) is 4.45. The van der Waals surface area contributed by atoms with Gasteiger partial charge in [-0.25, -0.2) is 4.39 Å². The Morgan fingerprint density at radius 1 is 1.20 bits per heavy atom. The van der Waals surface area contributed by atoms with E-state index < -0.39 is 5.82 Å². The van der Waals surface area contributed by atoms with Gasteiger partial charge in [0.1, 0.15) is 5.82 Å². The van der Waals surface area contributed by atoms with Crippen molar-refractivity contribution in [3.63, 3.8) is 0 Å². The molecular formula is C14H11Br2FN2O. The van der Waals surface area contributed by atoms with Crippen molar-refractivity contribution in [3.05, 3.63) is 56.2 Å². The van der Waals surface area contributed by atoms with E-state index in [0.717, 1.165) is 10.0 Å². The van der Waals surface area contributed by atoms with Crippen LogP contribution in [-0.2, 0) is 0 Å². The molecule has 3 N–H and O–H groups in total. The molecule has 0 aromatic heterocycles. The van der Waals surface area contributed by atoms with E-state index in [0.29, 0.717) is 21.4 Å². The van der Waals surface area contributed by atoms with Crippen LogP contribution in [0.1, 0.15) is 15.9 Å². The van der Waals surface area contributed by atoms with Crippen molar-refractivity contribution in [3.8, 4) is 0 Å². The van der Waals surface area contributed by atoms with Crippen molar-refractivity contribution < 1.29 is 9.18 Å². The van der Waals surface area contributed by atoms with Crippen molar-refractivity contribution >= 4 is 49.1 Å². The smallest absolute Gasteiger partial charge is 0.255 e. The quantitative estimate of drug-likeness (QED) is 0.728. The fraction of sp³-hybridized carbons (Fsp3) is 0.0714. The van der Waals surface area contributed by atoms with Gasteiger partial charge in [0, 0.05) is 21.4 Å². The minimum atomic E-state index is -0.429. The van der Waals surface area contributed by atoms with Crippen LogP contribution in [0, 0.1) is 12.7 Å².